The van der Waals surface area contributed by atoms with E-state index in [1.165, 1.54) is 18.3 Å². The van der Waals surface area contributed by atoms with Gasteiger partial charge < -0.3 is 10.5 Å². The fourth-order valence-electron chi connectivity index (χ4n) is 2.40. The molecule has 0 atom stereocenters. The number of nitrogen functional groups attached to an aromatic ring is 1. The van der Waals surface area contributed by atoms with Gasteiger partial charge in [0.15, 0.2) is 0 Å². The second-order valence-electron chi connectivity index (χ2n) is 5.23. The lowest BCUT2D eigenvalue weighted by Crippen LogP contribution is -2.19. The summed E-state index contributed by atoms with van der Waals surface area (Å²) < 4.78 is 34.2. The molecule has 3 N–H and O–H groups in total. The Balaban J connectivity index is 1.75. The number of hydrogen-bond donors (Lipinski definition) is 2. The smallest absolute Gasteiger partial charge is 0.261 e. The van der Waals surface area contributed by atoms with Crippen molar-refractivity contribution in [2.45, 2.75) is 23.8 Å². The molecule has 0 aliphatic carbocycles. The molecule has 118 valence electrons. The highest BCUT2D eigenvalue weighted by molar-refractivity contribution is 7.92. The highest BCUT2D eigenvalue weighted by atomic mass is 32.2. The van der Waals surface area contributed by atoms with Gasteiger partial charge in [0, 0.05) is 25.1 Å². The zero-order valence-electron chi connectivity index (χ0n) is 12.0. The zero-order valence-corrected chi connectivity index (χ0v) is 12.8. The van der Waals surface area contributed by atoms with Crippen molar-refractivity contribution < 1.29 is 13.2 Å². The summed E-state index contributed by atoms with van der Waals surface area (Å²) in [7, 11) is -3.63. The second-order valence-corrected chi connectivity index (χ2v) is 6.91. The van der Waals surface area contributed by atoms with Crippen LogP contribution in [-0.2, 0) is 14.8 Å². The lowest BCUT2D eigenvalue weighted by molar-refractivity contribution is 0.0662. The molecule has 0 bridgehead atoms. The molecule has 2 aromatic rings. The fourth-order valence-corrected chi connectivity index (χ4v) is 3.43. The zero-order chi connectivity index (χ0) is 15.6. The Labute approximate surface area is 129 Å². The molecule has 3 rings (SSSR count). The molecule has 1 saturated heterocycles. The van der Waals surface area contributed by atoms with Gasteiger partial charge in [0.25, 0.3) is 10.0 Å². The van der Waals surface area contributed by atoms with Crippen molar-refractivity contribution in [3.63, 3.8) is 0 Å². The molecule has 1 aliphatic rings. The Hall–Kier alpha value is -2.06. The van der Waals surface area contributed by atoms with Crippen molar-refractivity contribution in [1.29, 1.82) is 0 Å². The van der Waals surface area contributed by atoms with E-state index >= 15 is 0 Å². The normalized spacial score (nSPS) is 16.5. The molecule has 8 heteroatoms. The van der Waals surface area contributed by atoms with Crippen molar-refractivity contribution in [2.24, 2.45) is 0 Å². The Bertz CT molecular complexity index is 734. The first kappa shape index (κ1) is 14.9. The maximum absolute atomic E-state index is 12.3. The van der Waals surface area contributed by atoms with Crippen LogP contribution in [0.25, 0.3) is 0 Å². The standard InChI is InChI=1S/C14H18N4O3S/c15-11-1-3-14(4-2-11)22(19,20)17-12-9-16-18(10-12)13-5-7-21-8-6-13/h1-4,9-10,13,17H,5-8,15H2. The van der Waals surface area contributed by atoms with Gasteiger partial charge in [0.1, 0.15) is 0 Å². The van der Waals surface area contributed by atoms with E-state index in [2.05, 4.69) is 9.82 Å². The predicted molar refractivity (Wildman–Crippen MR) is 83.0 cm³/mol. The van der Waals surface area contributed by atoms with Crippen molar-refractivity contribution in [3.05, 3.63) is 36.7 Å². The number of rotatable bonds is 4. The van der Waals surface area contributed by atoms with Crippen LogP contribution in [0, 0.1) is 0 Å². The topological polar surface area (TPSA) is 99.2 Å². The van der Waals surface area contributed by atoms with Crippen molar-refractivity contribution in [1.82, 2.24) is 9.78 Å². The number of ether oxygens (including phenoxy) is 1. The number of aromatic nitrogens is 2. The Morgan fingerprint density at radius 1 is 1.23 bits per heavy atom. The summed E-state index contributed by atoms with van der Waals surface area (Å²) in [5.74, 6) is 0. The van der Waals surface area contributed by atoms with Crippen LogP contribution in [-0.4, -0.2) is 31.4 Å². The molecule has 22 heavy (non-hydrogen) atoms. The maximum Gasteiger partial charge on any atom is 0.261 e. The molecule has 2 heterocycles. The van der Waals surface area contributed by atoms with Crippen molar-refractivity contribution in [3.8, 4) is 0 Å². The SMILES string of the molecule is Nc1ccc(S(=O)(=O)Nc2cnn(C3CCOCC3)c2)cc1. The quantitative estimate of drug-likeness (QED) is 0.833. The van der Waals surface area contributed by atoms with Gasteiger partial charge >= 0.3 is 0 Å². The number of sulfonamides is 1. The summed E-state index contributed by atoms with van der Waals surface area (Å²) in [4.78, 5) is 0.167. The minimum atomic E-state index is -3.63. The molecule has 7 nitrogen and oxygen atoms in total. The van der Waals surface area contributed by atoms with Crippen LogP contribution in [0.2, 0.25) is 0 Å². The van der Waals surface area contributed by atoms with Gasteiger partial charge in [-0.2, -0.15) is 5.10 Å². The number of nitrogens with one attached hydrogen (secondary N) is 1. The van der Waals surface area contributed by atoms with E-state index in [9.17, 15) is 8.42 Å². The third-order valence-electron chi connectivity index (χ3n) is 3.61. The van der Waals surface area contributed by atoms with E-state index in [1.54, 1.807) is 23.0 Å². The Kier molecular flexibility index (Phi) is 4.04. The van der Waals surface area contributed by atoms with E-state index < -0.39 is 10.0 Å². The molecular weight excluding hydrogens is 304 g/mol. The summed E-state index contributed by atoms with van der Waals surface area (Å²) in [5, 5.41) is 4.25. The predicted octanol–water partition coefficient (Wildman–Crippen LogP) is 1.62. The number of nitrogens with two attached hydrogens (primary N) is 1. The van der Waals surface area contributed by atoms with Gasteiger partial charge in [-0.05, 0) is 37.1 Å². The van der Waals surface area contributed by atoms with E-state index in [0.717, 1.165) is 12.8 Å². The first-order chi connectivity index (χ1) is 10.5. The van der Waals surface area contributed by atoms with Gasteiger partial charge in [-0.3, -0.25) is 9.40 Å². The summed E-state index contributed by atoms with van der Waals surface area (Å²) in [5.41, 5.74) is 6.54. The fraction of sp³-hybridized carbons (Fsp3) is 0.357. The van der Waals surface area contributed by atoms with E-state index in [0.29, 0.717) is 24.6 Å². The number of benzene rings is 1. The van der Waals surface area contributed by atoms with Crippen LogP contribution in [0.3, 0.4) is 0 Å². The molecule has 0 amide bonds. The average molecular weight is 322 g/mol. The van der Waals surface area contributed by atoms with Crippen LogP contribution in [0.15, 0.2) is 41.6 Å². The van der Waals surface area contributed by atoms with Crippen molar-refractivity contribution >= 4 is 21.4 Å². The number of anilines is 2. The molecule has 1 aromatic carbocycles. The third-order valence-corrected chi connectivity index (χ3v) is 5.01. The summed E-state index contributed by atoms with van der Waals surface area (Å²) in [6, 6.07) is 6.31. The summed E-state index contributed by atoms with van der Waals surface area (Å²) >= 11 is 0. The van der Waals surface area contributed by atoms with Crippen LogP contribution in [0.1, 0.15) is 18.9 Å². The van der Waals surface area contributed by atoms with E-state index in [-0.39, 0.29) is 10.9 Å². The second kappa shape index (κ2) is 5.98. The van der Waals surface area contributed by atoms with Crippen LogP contribution in [0.4, 0.5) is 11.4 Å². The Morgan fingerprint density at radius 3 is 2.59 bits per heavy atom. The molecule has 0 saturated carbocycles. The number of hydrogen-bond acceptors (Lipinski definition) is 5. The maximum atomic E-state index is 12.3. The molecule has 1 fully saturated rings. The van der Waals surface area contributed by atoms with Gasteiger partial charge in [0.2, 0.25) is 0 Å². The summed E-state index contributed by atoms with van der Waals surface area (Å²) in [6.07, 6.45) is 4.99. The van der Waals surface area contributed by atoms with Crippen molar-refractivity contribution in [2.75, 3.05) is 23.7 Å². The minimum absolute atomic E-state index is 0.167. The average Bonchev–Trinajstić information content (AvgIpc) is 2.96. The van der Waals surface area contributed by atoms with Gasteiger partial charge in [-0.25, -0.2) is 8.42 Å². The molecule has 0 radical (unpaired) electrons. The third kappa shape index (κ3) is 3.23. The van der Waals surface area contributed by atoms with E-state index in [4.69, 9.17) is 10.5 Å². The highest BCUT2D eigenvalue weighted by Gasteiger charge is 2.19. The Morgan fingerprint density at radius 2 is 1.91 bits per heavy atom. The first-order valence-electron chi connectivity index (χ1n) is 7.05. The lowest BCUT2D eigenvalue weighted by atomic mass is 10.1. The van der Waals surface area contributed by atoms with E-state index in [1.807, 2.05) is 0 Å². The molecule has 0 unspecified atom stereocenters. The van der Waals surface area contributed by atoms with Crippen LogP contribution >= 0.6 is 0 Å². The van der Waals surface area contributed by atoms with Crippen LogP contribution < -0.4 is 10.5 Å². The lowest BCUT2D eigenvalue weighted by Gasteiger charge is -2.22. The molecule has 0 spiro atoms. The molecule has 1 aromatic heterocycles. The first-order valence-corrected chi connectivity index (χ1v) is 8.53. The minimum Gasteiger partial charge on any atom is -0.399 e. The molecular formula is C14H18N4O3S. The van der Waals surface area contributed by atoms with Crippen LogP contribution in [0.5, 0.6) is 0 Å². The summed E-state index contributed by atoms with van der Waals surface area (Å²) in [6.45, 7) is 1.41. The molecule has 1 aliphatic heterocycles. The van der Waals surface area contributed by atoms with Gasteiger partial charge in [-0.1, -0.05) is 0 Å². The number of nitrogens with zero attached hydrogens (tertiary/aromatic N) is 2. The highest BCUT2D eigenvalue weighted by Crippen LogP contribution is 2.23. The monoisotopic (exact) mass is 322 g/mol. The van der Waals surface area contributed by atoms with Gasteiger partial charge in [0.05, 0.1) is 22.8 Å². The largest absolute Gasteiger partial charge is 0.399 e. The van der Waals surface area contributed by atoms with Gasteiger partial charge in [-0.15, -0.1) is 0 Å².